The van der Waals surface area contributed by atoms with Crippen LogP contribution in [0, 0.1) is 11.7 Å². The van der Waals surface area contributed by atoms with E-state index in [0.29, 0.717) is 17.3 Å². The molecule has 0 spiro atoms. The van der Waals surface area contributed by atoms with Crippen molar-refractivity contribution < 1.29 is 8.81 Å². The van der Waals surface area contributed by atoms with E-state index in [1.807, 2.05) is 12.1 Å². The van der Waals surface area contributed by atoms with E-state index >= 15 is 0 Å². The lowest BCUT2D eigenvalue weighted by Gasteiger charge is -2.10. The maximum Gasteiger partial charge on any atom is 0.169 e. The Morgan fingerprint density at radius 1 is 1.38 bits per heavy atom. The van der Waals surface area contributed by atoms with E-state index in [-0.39, 0.29) is 11.9 Å². The highest BCUT2D eigenvalue weighted by molar-refractivity contribution is 5.78. The second kappa shape index (κ2) is 4.26. The third kappa shape index (κ3) is 2.09. The minimum Gasteiger partial charge on any atom is -0.456 e. The van der Waals surface area contributed by atoms with E-state index in [0.717, 1.165) is 11.8 Å². The molecule has 3 heteroatoms. The molecule has 2 rings (SSSR count). The molecule has 1 aromatic heterocycles. The predicted octanol–water partition coefficient (Wildman–Crippen LogP) is 3.62. The Bertz CT molecular complexity index is 490. The summed E-state index contributed by atoms with van der Waals surface area (Å²) in [6, 6.07) is 6.56. The summed E-state index contributed by atoms with van der Waals surface area (Å²) in [5.74, 6) is 0.822. The maximum atomic E-state index is 13.4. The van der Waals surface area contributed by atoms with Gasteiger partial charge in [-0.15, -0.1) is 0 Å². The molecule has 16 heavy (non-hydrogen) atoms. The molecule has 0 radical (unpaired) electrons. The molecule has 1 aromatic carbocycles. The number of fused-ring (bicyclic) bond motifs is 1. The monoisotopic (exact) mass is 221 g/mol. The normalized spacial score (nSPS) is 13.6. The molecule has 0 fully saturated rings. The molecule has 2 aromatic rings. The molecular weight excluding hydrogens is 205 g/mol. The Hall–Kier alpha value is -1.35. The second-order valence-electron chi connectivity index (χ2n) is 4.54. The predicted molar refractivity (Wildman–Crippen MR) is 62.6 cm³/mol. The highest BCUT2D eigenvalue weighted by atomic mass is 19.1. The molecule has 1 heterocycles. The molecule has 0 aliphatic carbocycles. The molecule has 0 amide bonds. The number of rotatable bonds is 3. The Morgan fingerprint density at radius 2 is 2.12 bits per heavy atom. The van der Waals surface area contributed by atoms with Crippen molar-refractivity contribution >= 4 is 11.0 Å². The van der Waals surface area contributed by atoms with Crippen LogP contribution in [0.2, 0.25) is 0 Å². The molecule has 0 bridgehead atoms. The average Bonchev–Trinajstić information content (AvgIpc) is 2.61. The van der Waals surface area contributed by atoms with Crippen molar-refractivity contribution in [3.8, 4) is 0 Å². The number of hydrogen-bond acceptors (Lipinski definition) is 2. The van der Waals surface area contributed by atoms with Crippen molar-refractivity contribution in [2.24, 2.45) is 11.7 Å². The van der Waals surface area contributed by atoms with Gasteiger partial charge in [0.15, 0.2) is 11.4 Å². The van der Waals surface area contributed by atoms with Crippen molar-refractivity contribution in [2.45, 2.75) is 26.3 Å². The standard InChI is InChI=1S/C13H16FNO/c1-8(2)6-11(15)12-7-9-4-3-5-10(14)13(9)16-12/h3-5,7-8,11H,6,15H2,1-2H3/t11-/m0/s1. The number of furan rings is 1. The Kier molecular flexibility index (Phi) is 2.97. The van der Waals surface area contributed by atoms with Crippen LogP contribution in [-0.4, -0.2) is 0 Å². The Balaban J connectivity index is 2.36. The summed E-state index contributed by atoms with van der Waals surface area (Å²) in [4.78, 5) is 0. The zero-order valence-corrected chi connectivity index (χ0v) is 9.53. The van der Waals surface area contributed by atoms with Crippen LogP contribution in [0.4, 0.5) is 4.39 Å². The van der Waals surface area contributed by atoms with Crippen LogP contribution in [0.3, 0.4) is 0 Å². The van der Waals surface area contributed by atoms with Gasteiger partial charge < -0.3 is 10.2 Å². The minimum absolute atomic E-state index is 0.160. The average molecular weight is 221 g/mol. The van der Waals surface area contributed by atoms with Gasteiger partial charge in [0, 0.05) is 5.39 Å². The van der Waals surface area contributed by atoms with Gasteiger partial charge in [-0.05, 0) is 24.5 Å². The van der Waals surface area contributed by atoms with Crippen molar-refractivity contribution in [3.05, 3.63) is 35.8 Å². The third-order valence-electron chi connectivity index (χ3n) is 2.61. The van der Waals surface area contributed by atoms with E-state index < -0.39 is 0 Å². The number of benzene rings is 1. The summed E-state index contributed by atoms with van der Waals surface area (Å²) in [6.45, 7) is 4.20. The fraction of sp³-hybridized carbons (Fsp3) is 0.385. The van der Waals surface area contributed by atoms with Gasteiger partial charge in [0.1, 0.15) is 5.76 Å². The zero-order chi connectivity index (χ0) is 11.7. The summed E-state index contributed by atoms with van der Waals surface area (Å²) < 4.78 is 18.9. The van der Waals surface area contributed by atoms with Gasteiger partial charge in [-0.3, -0.25) is 0 Å². The van der Waals surface area contributed by atoms with E-state index in [1.165, 1.54) is 6.07 Å². The Morgan fingerprint density at radius 3 is 2.75 bits per heavy atom. The fourth-order valence-electron chi connectivity index (χ4n) is 1.85. The topological polar surface area (TPSA) is 39.2 Å². The van der Waals surface area contributed by atoms with Crippen LogP contribution in [0.5, 0.6) is 0 Å². The first kappa shape index (κ1) is 11.1. The van der Waals surface area contributed by atoms with Gasteiger partial charge in [-0.25, -0.2) is 4.39 Å². The van der Waals surface area contributed by atoms with Crippen LogP contribution in [0.15, 0.2) is 28.7 Å². The molecule has 0 aliphatic rings. The second-order valence-corrected chi connectivity index (χ2v) is 4.54. The lowest BCUT2D eigenvalue weighted by molar-refractivity contribution is 0.426. The molecule has 0 unspecified atom stereocenters. The smallest absolute Gasteiger partial charge is 0.169 e. The first-order chi connectivity index (χ1) is 7.58. The molecule has 0 aliphatic heterocycles. The van der Waals surface area contributed by atoms with Gasteiger partial charge in [-0.2, -0.15) is 0 Å². The molecule has 0 saturated carbocycles. The van der Waals surface area contributed by atoms with Crippen LogP contribution in [0.25, 0.3) is 11.0 Å². The molecule has 1 atom stereocenters. The maximum absolute atomic E-state index is 13.4. The van der Waals surface area contributed by atoms with Crippen LogP contribution >= 0.6 is 0 Å². The number of halogens is 1. The van der Waals surface area contributed by atoms with Gasteiger partial charge >= 0.3 is 0 Å². The lowest BCUT2D eigenvalue weighted by atomic mass is 10.0. The molecule has 86 valence electrons. The molecule has 2 N–H and O–H groups in total. The largest absolute Gasteiger partial charge is 0.456 e. The van der Waals surface area contributed by atoms with Crippen molar-refractivity contribution in [3.63, 3.8) is 0 Å². The minimum atomic E-state index is -0.333. The van der Waals surface area contributed by atoms with Gasteiger partial charge in [0.2, 0.25) is 0 Å². The SMILES string of the molecule is CC(C)C[C@H](N)c1cc2cccc(F)c2o1. The summed E-state index contributed by atoms with van der Waals surface area (Å²) in [6.07, 6.45) is 0.835. The highest BCUT2D eigenvalue weighted by Gasteiger charge is 2.15. The van der Waals surface area contributed by atoms with Crippen molar-refractivity contribution in [1.82, 2.24) is 0 Å². The van der Waals surface area contributed by atoms with Crippen molar-refractivity contribution in [1.29, 1.82) is 0 Å². The first-order valence-electron chi connectivity index (χ1n) is 5.51. The molecule has 0 saturated heterocycles. The highest BCUT2D eigenvalue weighted by Crippen LogP contribution is 2.27. The summed E-state index contributed by atoms with van der Waals surface area (Å²) in [5, 5.41) is 0.772. The summed E-state index contributed by atoms with van der Waals surface area (Å²) >= 11 is 0. The van der Waals surface area contributed by atoms with E-state index in [4.69, 9.17) is 10.2 Å². The number of hydrogen-bond donors (Lipinski definition) is 1. The summed E-state index contributed by atoms with van der Waals surface area (Å²) in [7, 11) is 0. The van der Waals surface area contributed by atoms with E-state index in [1.54, 1.807) is 6.07 Å². The van der Waals surface area contributed by atoms with Crippen LogP contribution < -0.4 is 5.73 Å². The van der Waals surface area contributed by atoms with Gasteiger partial charge in [-0.1, -0.05) is 26.0 Å². The summed E-state index contributed by atoms with van der Waals surface area (Å²) in [5.41, 5.74) is 6.30. The number of nitrogens with two attached hydrogens (primary N) is 1. The van der Waals surface area contributed by atoms with E-state index in [9.17, 15) is 4.39 Å². The third-order valence-corrected chi connectivity index (χ3v) is 2.61. The quantitative estimate of drug-likeness (QED) is 0.859. The fourth-order valence-corrected chi connectivity index (χ4v) is 1.85. The number of para-hydroxylation sites is 1. The molecule has 2 nitrogen and oxygen atoms in total. The van der Waals surface area contributed by atoms with Gasteiger partial charge in [0.05, 0.1) is 6.04 Å². The Labute approximate surface area is 94.2 Å². The van der Waals surface area contributed by atoms with Crippen LogP contribution in [0.1, 0.15) is 32.1 Å². The van der Waals surface area contributed by atoms with E-state index in [2.05, 4.69) is 13.8 Å². The van der Waals surface area contributed by atoms with Crippen molar-refractivity contribution in [2.75, 3.05) is 0 Å². The van der Waals surface area contributed by atoms with Gasteiger partial charge in [0.25, 0.3) is 0 Å². The lowest BCUT2D eigenvalue weighted by Crippen LogP contribution is -2.11. The van der Waals surface area contributed by atoms with Crippen LogP contribution in [-0.2, 0) is 0 Å². The molecular formula is C13H16FNO. The first-order valence-corrected chi connectivity index (χ1v) is 5.51. The zero-order valence-electron chi connectivity index (χ0n) is 9.53.